The molecule has 409 valence electrons. The van der Waals surface area contributed by atoms with Crippen LogP contribution in [0, 0.1) is 0 Å². The normalized spacial score (nSPS) is 13.7. The van der Waals surface area contributed by atoms with Gasteiger partial charge in [0.05, 0.1) is 34.2 Å². The van der Waals surface area contributed by atoms with E-state index in [0.29, 0.717) is 0 Å². The van der Waals surface area contributed by atoms with Crippen LogP contribution in [0.4, 0.5) is 58.4 Å². The van der Waals surface area contributed by atoms with Crippen LogP contribution in [0.25, 0.3) is 12.2 Å². The van der Waals surface area contributed by atoms with Crippen LogP contribution in [-0.2, 0) is 40.5 Å². The minimum absolute atomic E-state index is 0. The third kappa shape index (κ3) is 18.3. The summed E-state index contributed by atoms with van der Waals surface area (Å²) in [5, 5.41) is 52.2. The fourth-order valence-electron chi connectivity index (χ4n) is 7.10. The van der Waals surface area contributed by atoms with Crippen molar-refractivity contribution in [2.24, 2.45) is 0 Å². The molecule has 0 aliphatic rings. The molecule has 28 nitrogen and oxygen atoms in total. The molecule has 0 bridgehead atoms. The molecule has 33 heteroatoms. The Labute approximate surface area is 464 Å². The number of nitrogens with zero attached hydrogens (tertiary/aromatic N) is 8. The summed E-state index contributed by atoms with van der Waals surface area (Å²) in [7, 11) is -19.4. The van der Waals surface area contributed by atoms with E-state index in [-0.39, 0.29) is 125 Å². The summed E-state index contributed by atoms with van der Waals surface area (Å²) in [5.41, 5.74) is -0.265. The number of anilines is 10. The Morgan fingerprint density at radius 1 is 0.429 bits per heavy atom. The molecule has 4 atom stereocenters. The van der Waals surface area contributed by atoms with E-state index < -0.39 is 84.5 Å². The first kappa shape index (κ1) is 61.8. The first-order chi connectivity index (χ1) is 35.4. The molecule has 1 radical (unpaired) electrons. The van der Waals surface area contributed by atoms with Crippen LogP contribution in [0.3, 0.4) is 0 Å². The predicted molar refractivity (Wildman–Crippen MR) is 284 cm³/mol. The van der Waals surface area contributed by atoms with E-state index in [4.69, 9.17) is 0 Å². The topological polar surface area (TPSA) is 430 Å². The first-order valence-corrected chi connectivity index (χ1v) is 28.0. The molecule has 6 rings (SSSR count). The number of hydrogen-bond acceptors (Lipinski definition) is 24. The van der Waals surface area contributed by atoms with E-state index in [0.717, 1.165) is 48.6 Å². The van der Waals surface area contributed by atoms with Crippen LogP contribution >= 0.6 is 0 Å². The molecule has 77 heavy (non-hydrogen) atoms. The van der Waals surface area contributed by atoms with Crippen LogP contribution in [0.1, 0.15) is 38.8 Å². The number of aliphatic hydroxyl groups is 4. The van der Waals surface area contributed by atoms with Gasteiger partial charge in [0.15, 0.2) is 0 Å². The monoisotopic (exact) mass is 1160 g/mol. The second-order valence-corrected chi connectivity index (χ2v) is 22.7. The molecular weight excluding hydrogens is 1100 g/mol. The van der Waals surface area contributed by atoms with Crippen LogP contribution in [0.15, 0.2) is 105 Å². The molecule has 0 saturated carbocycles. The Bertz CT molecular complexity index is 3330. The summed E-state index contributed by atoms with van der Waals surface area (Å²) in [6.07, 6.45) is -1.57. The van der Waals surface area contributed by atoms with Gasteiger partial charge in [-0.3, -0.25) is 18.2 Å². The average molecular weight is 1160 g/mol. The van der Waals surface area contributed by atoms with Gasteiger partial charge in [0.1, 0.15) is 9.79 Å². The number of nitrogens with one attached hydrogen (secondary N) is 4. The third-order valence-corrected chi connectivity index (χ3v) is 13.6. The van der Waals surface area contributed by atoms with E-state index in [1.807, 2.05) is 0 Å². The van der Waals surface area contributed by atoms with Crippen molar-refractivity contribution in [1.82, 2.24) is 29.9 Å². The van der Waals surface area contributed by atoms with Gasteiger partial charge in [-0.05, 0) is 99.5 Å². The molecule has 0 fully saturated rings. The summed E-state index contributed by atoms with van der Waals surface area (Å²) in [5.74, 6) is -1.21. The van der Waals surface area contributed by atoms with Crippen molar-refractivity contribution >= 4 is 141 Å². The molecule has 6 aromatic rings. The largest absolute Gasteiger partial charge is 0.392 e. The maximum Gasteiger partial charge on any atom is 0.295 e. The number of aliphatic hydroxyl groups excluding tert-OH is 4. The molecule has 2 aromatic heterocycles. The third-order valence-electron chi connectivity index (χ3n) is 10.1. The summed E-state index contributed by atoms with van der Waals surface area (Å²) in [6, 6.07) is 17.1. The van der Waals surface area contributed by atoms with Gasteiger partial charge in [-0.1, -0.05) is 36.4 Å². The minimum Gasteiger partial charge on any atom is -0.392 e. The van der Waals surface area contributed by atoms with E-state index in [1.165, 1.54) is 86.0 Å². The van der Waals surface area contributed by atoms with Gasteiger partial charge in [0, 0.05) is 78.5 Å². The van der Waals surface area contributed by atoms with Gasteiger partial charge in [-0.2, -0.15) is 63.6 Å². The van der Waals surface area contributed by atoms with E-state index in [9.17, 15) is 72.3 Å². The SMILES string of the molecule is CC(O)CN(CC(C)O)c1nc(Nc2cccc(S(=O)(=O)O)c2)nc(Nc2ccc(C=Cc3ccc(Nc4nc(Nc5cccc(S(=O)(=O)O)c5)nc(N(CC(C)O)CC(C)O)n4)cc3S(=O)(=O)O)c(S(=O)(=O)O)c2)n1.[Na]. The van der Waals surface area contributed by atoms with Crippen molar-refractivity contribution in [2.45, 2.75) is 71.7 Å². The Morgan fingerprint density at radius 2 is 0.714 bits per heavy atom. The Morgan fingerprint density at radius 3 is 0.974 bits per heavy atom. The van der Waals surface area contributed by atoms with Gasteiger partial charge in [0.25, 0.3) is 40.5 Å². The number of hydrogen-bond donors (Lipinski definition) is 12. The standard InChI is InChI=1S/C44H52N12O16S4.Na/c1-25(57)21-55(22-26(2)58)43-51-39(45-31-7-5-9-35(17-31)73(61,62)63)49-41(53-43)47-33-15-13-29(37(19-33)75(67,68)69)11-12-30-14-16-34(20-38(30)76(70,71)72)48-42-50-40(46-32-8-6-10-36(18-32)74(64,65)66)52-44(54-42)56(23-27(3)59)24-28(4)60;/h5-20,25-28,57-60H,21-24H2,1-4H3,(H,61,62,63)(H,64,65,66)(H,67,68,69)(H,70,71,72)(H2,45,47,49,51,53)(H2,46,48,50,52,54);. The molecule has 2 heterocycles. The second-order valence-electron chi connectivity index (χ2n) is 17.1. The second kappa shape index (κ2) is 25.6. The van der Waals surface area contributed by atoms with Crippen molar-refractivity contribution in [3.63, 3.8) is 0 Å². The zero-order valence-electron chi connectivity index (χ0n) is 41.4. The van der Waals surface area contributed by atoms with Crippen LogP contribution in [-0.4, -0.2) is 182 Å². The van der Waals surface area contributed by atoms with Crippen molar-refractivity contribution in [2.75, 3.05) is 57.2 Å². The maximum atomic E-state index is 12.9. The van der Waals surface area contributed by atoms with Crippen LogP contribution in [0.5, 0.6) is 0 Å². The van der Waals surface area contributed by atoms with Crippen molar-refractivity contribution < 1.29 is 72.3 Å². The van der Waals surface area contributed by atoms with Crippen molar-refractivity contribution in [3.8, 4) is 0 Å². The zero-order chi connectivity index (χ0) is 55.9. The summed E-state index contributed by atoms with van der Waals surface area (Å²) in [4.78, 5) is 26.5. The quantitative estimate of drug-likeness (QED) is 0.0235. The molecule has 0 saturated heterocycles. The number of aromatic nitrogens is 6. The molecule has 4 unspecified atom stereocenters. The number of benzene rings is 4. The Kier molecular flexibility index (Phi) is 20.5. The van der Waals surface area contributed by atoms with Gasteiger partial charge in [-0.15, -0.1) is 0 Å². The van der Waals surface area contributed by atoms with Gasteiger partial charge < -0.3 is 51.5 Å². The molecule has 12 N–H and O–H groups in total. The van der Waals surface area contributed by atoms with Crippen LogP contribution < -0.4 is 31.1 Å². The van der Waals surface area contributed by atoms with Gasteiger partial charge in [0.2, 0.25) is 35.7 Å². The predicted octanol–water partition coefficient (Wildman–Crippen LogP) is 2.94. The van der Waals surface area contributed by atoms with Crippen molar-refractivity contribution in [1.29, 1.82) is 0 Å². The fraction of sp³-hybridized carbons (Fsp3) is 0.273. The number of rotatable bonds is 24. The molecule has 0 aliphatic carbocycles. The first-order valence-electron chi connectivity index (χ1n) is 22.3. The molecule has 4 aromatic carbocycles. The average Bonchev–Trinajstić information content (AvgIpc) is 3.29. The van der Waals surface area contributed by atoms with E-state index >= 15 is 0 Å². The van der Waals surface area contributed by atoms with Gasteiger partial charge in [-0.25, -0.2) is 0 Å². The van der Waals surface area contributed by atoms with E-state index in [2.05, 4.69) is 51.2 Å². The summed E-state index contributed by atoms with van der Waals surface area (Å²) in [6.45, 7) is 5.54. The molecule has 0 aliphatic heterocycles. The Hall–Kier alpha value is -6.08. The van der Waals surface area contributed by atoms with E-state index in [1.54, 1.807) is 0 Å². The van der Waals surface area contributed by atoms with Gasteiger partial charge >= 0.3 is 0 Å². The summed E-state index contributed by atoms with van der Waals surface area (Å²) < 4.78 is 139. The van der Waals surface area contributed by atoms with Crippen LogP contribution in [0.2, 0.25) is 0 Å². The smallest absolute Gasteiger partial charge is 0.295 e. The van der Waals surface area contributed by atoms with Crippen molar-refractivity contribution in [3.05, 3.63) is 96.1 Å². The molecular formula is C44H52N12NaO16S4. The molecule has 0 amide bonds. The maximum absolute atomic E-state index is 12.9. The summed E-state index contributed by atoms with van der Waals surface area (Å²) >= 11 is 0. The minimum atomic E-state index is -5.06. The fourth-order valence-corrected chi connectivity index (χ4v) is 9.57. The Balaban J connectivity index is 0.0000109. The molecule has 0 spiro atoms. The zero-order valence-corrected chi connectivity index (χ0v) is 46.7.